The molecule has 1 rings (SSSR count). The lowest BCUT2D eigenvalue weighted by Crippen LogP contribution is -2.19. The van der Waals surface area contributed by atoms with Gasteiger partial charge >= 0.3 is 0 Å². The molecule has 1 aromatic rings. The van der Waals surface area contributed by atoms with Crippen molar-refractivity contribution in [3.05, 3.63) is 35.1 Å². The van der Waals surface area contributed by atoms with Gasteiger partial charge in [-0.1, -0.05) is 13.0 Å². The Hall–Kier alpha value is -1.91. The smallest absolute Gasteiger partial charge is 0.140 e. The van der Waals surface area contributed by atoms with Gasteiger partial charge in [-0.2, -0.15) is 10.5 Å². The van der Waals surface area contributed by atoms with Gasteiger partial charge in [0.2, 0.25) is 0 Å². The third-order valence-corrected chi connectivity index (χ3v) is 1.98. The van der Waals surface area contributed by atoms with Gasteiger partial charge in [0.25, 0.3) is 0 Å². The summed E-state index contributed by atoms with van der Waals surface area (Å²) >= 11 is 0. The van der Waals surface area contributed by atoms with E-state index in [1.807, 2.05) is 13.0 Å². The highest BCUT2D eigenvalue weighted by Gasteiger charge is 2.11. The van der Waals surface area contributed by atoms with Crippen LogP contribution in [0.5, 0.6) is 0 Å². The molecule has 0 aliphatic carbocycles. The van der Waals surface area contributed by atoms with E-state index in [9.17, 15) is 4.39 Å². The number of nitrogens with one attached hydrogen (secondary N) is 1. The Morgan fingerprint density at radius 3 is 2.73 bits per heavy atom. The Bertz CT molecular complexity index is 428. The third-order valence-electron chi connectivity index (χ3n) is 1.98. The van der Waals surface area contributed by atoms with Crippen LogP contribution in [0.3, 0.4) is 0 Å². The zero-order valence-electron chi connectivity index (χ0n) is 8.29. The second kappa shape index (κ2) is 5.09. The number of benzene rings is 1. The van der Waals surface area contributed by atoms with E-state index in [1.54, 1.807) is 6.07 Å². The first-order chi connectivity index (χ1) is 7.22. The molecule has 0 saturated carbocycles. The molecule has 0 heterocycles. The fourth-order valence-electron chi connectivity index (χ4n) is 1.25. The molecule has 1 N–H and O–H groups in total. The summed E-state index contributed by atoms with van der Waals surface area (Å²) in [4.78, 5) is 0. The van der Waals surface area contributed by atoms with E-state index in [0.717, 1.165) is 0 Å². The summed E-state index contributed by atoms with van der Waals surface area (Å²) in [5.74, 6) is -0.561. The molecule has 0 aliphatic heterocycles. The van der Waals surface area contributed by atoms with Crippen LogP contribution in [0.25, 0.3) is 0 Å². The third kappa shape index (κ3) is 2.52. The van der Waals surface area contributed by atoms with Gasteiger partial charge in [0.1, 0.15) is 17.9 Å². The summed E-state index contributed by atoms with van der Waals surface area (Å²) in [5.41, 5.74) is 0.572. The van der Waals surface area contributed by atoms with Crippen molar-refractivity contribution in [3.8, 4) is 12.1 Å². The molecule has 0 bridgehead atoms. The van der Waals surface area contributed by atoms with Crippen molar-refractivity contribution in [1.29, 1.82) is 10.5 Å². The Balaban J connectivity index is 3.06. The zero-order chi connectivity index (χ0) is 11.3. The molecular weight excluding hydrogens is 193 g/mol. The van der Waals surface area contributed by atoms with Crippen LogP contribution in [0.2, 0.25) is 0 Å². The van der Waals surface area contributed by atoms with Crippen LogP contribution < -0.4 is 5.32 Å². The number of nitriles is 2. The molecular formula is C11H10FN3. The second-order valence-corrected chi connectivity index (χ2v) is 2.97. The standard InChI is InChI=1S/C11H10FN3/c1-2-15-11(7-14)8-3-4-10(12)9(5-8)6-13/h3-5,11,15H,2H2,1H3. The molecule has 76 valence electrons. The molecule has 4 heteroatoms. The Morgan fingerprint density at radius 1 is 1.47 bits per heavy atom. The predicted molar refractivity (Wildman–Crippen MR) is 53.1 cm³/mol. The monoisotopic (exact) mass is 203 g/mol. The minimum Gasteiger partial charge on any atom is -0.298 e. The van der Waals surface area contributed by atoms with E-state index < -0.39 is 11.9 Å². The summed E-state index contributed by atoms with van der Waals surface area (Å²) in [6.07, 6.45) is 0. The first kappa shape index (κ1) is 11.2. The van der Waals surface area contributed by atoms with Gasteiger partial charge in [-0.05, 0) is 24.2 Å². The number of rotatable bonds is 3. The molecule has 0 aromatic heterocycles. The van der Waals surface area contributed by atoms with Crippen molar-refractivity contribution in [3.63, 3.8) is 0 Å². The highest BCUT2D eigenvalue weighted by molar-refractivity contribution is 5.37. The van der Waals surface area contributed by atoms with Crippen molar-refractivity contribution in [2.75, 3.05) is 6.54 Å². The fourth-order valence-corrected chi connectivity index (χ4v) is 1.25. The normalized spacial score (nSPS) is 11.5. The van der Waals surface area contributed by atoms with Crippen LogP contribution in [0, 0.1) is 28.5 Å². The molecule has 1 aromatic carbocycles. The van der Waals surface area contributed by atoms with E-state index in [2.05, 4.69) is 5.32 Å². The van der Waals surface area contributed by atoms with Crippen LogP contribution in [-0.2, 0) is 0 Å². The van der Waals surface area contributed by atoms with Gasteiger partial charge in [-0.15, -0.1) is 0 Å². The van der Waals surface area contributed by atoms with Crippen LogP contribution >= 0.6 is 0 Å². The molecule has 0 spiro atoms. The Kier molecular flexibility index (Phi) is 3.79. The maximum absolute atomic E-state index is 13.0. The van der Waals surface area contributed by atoms with Gasteiger partial charge in [0, 0.05) is 0 Å². The summed E-state index contributed by atoms with van der Waals surface area (Å²) < 4.78 is 13.0. The molecule has 1 atom stereocenters. The number of nitrogens with zero attached hydrogens (tertiary/aromatic N) is 2. The fraction of sp³-hybridized carbons (Fsp3) is 0.273. The maximum Gasteiger partial charge on any atom is 0.140 e. The lowest BCUT2D eigenvalue weighted by Gasteiger charge is -2.10. The van der Waals surface area contributed by atoms with Crippen molar-refractivity contribution >= 4 is 0 Å². The molecule has 3 nitrogen and oxygen atoms in total. The summed E-state index contributed by atoms with van der Waals surface area (Å²) in [5, 5.41) is 20.4. The second-order valence-electron chi connectivity index (χ2n) is 2.97. The van der Waals surface area contributed by atoms with E-state index in [1.165, 1.54) is 18.2 Å². The molecule has 1 unspecified atom stereocenters. The summed E-state index contributed by atoms with van der Waals surface area (Å²) in [6.45, 7) is 2.51. The van der Waals surface area contributed by atoms with Crippen LogP contribution in [0.4, 0.5) is 4.39 Å². The zero-order valence-corrected chi connectivity index (χ0v) is 8.29. The molecule has 0 amide bonds. The van der Waals surface area contributed by atoms with Crippen LogP contribution in [0.15, 0.2) is 18.2 Å². The minimum absolute atomic E-state index is 0.0364. The highest BCUT2D eigenvalue weighted by atomic mass is 19.1. The topological polar surface area (TPSA) is 59.6 Å². The van der Waals surface area contributed by atoms with Crippen LogP contribution in [0.1, 0.15) is 24.1 Å². The average molecular weight is 203 g/mol. The van der Waals surface area contributed by atoms with Gasteiger partial charge in [-0.25, -0.2) is 4.39 Å². The van der Waals surface area contributed by atoms with E-state index in [0.29, 0.717) is 12.1 Å². The predicted octanol–water partition coefficient (Wildman–Crippen LogP) is 1.87. The number of halogens is 1. The summed E-state index contributed by atoms with van der Waals surface area (Å²) in [6, 6.07) is 7.40. The van der Waals surface area contributed by atoms with Gasteiger partial charge in [-0.3, -0.25) is 5.32 Å². The largest absolute Gasteiger partial charge is 0.298 e. The Labute approximate surface area is 87.8 Å². The van der Waals surface area contributed by atoms with Crippen molar-refractivity contribution in [2.45, 2.75) is 13.0 Å². The number of hydrogen-bond acceptors (Lipinski definition) is 3. The summed E-state index contributed by atoms with van der Waals surface area (Å²) in [7, 11) is 0. The van der Waals surface area contributed by atoms with Crippen molar-refractivity contribution < 1.29 is 4.39 Å². The van der Waals surface area contributed by atoms with Gasteiger partial charge < -0.3 is 0 Å². The highest BCUT2D eigenvalue weighted by Crippen LogP contribution is 2.16. The molecule has 0 aliphatic rings. The minimum atomic E-state index is -0.561. The first-order valence-corrected chi connectivity index (χ1v) is 4.55. The van der Waals surface area contributed by atoms with Gasteiger partial charge in [0.15, 0.2) is 0 Å². The SMILES string of the molecule is CCNC(C#N)c1ccc(F)c(C#N)c1. The Morgan fingerprint density at radius 2 is 2.20 bits per heavy atom. The maximum atomic E-state index is 13.0. The van der Waals surface area contributed by atoms with Crippen molar-refractivity contribution in [2.24, 2.45) is 0 Å². The van der Waals surface area contributed by atoms with Gasteiger partial charge in [0.05, 0.1) is 11.6 Å². The van der Waals surface area contributed by atoms with E-state index in [4.69, 9.17) is 10.5 Å². The van der Waals surface area contributed by atoms with E-state index >= 15 is 0 Å². The van der Waals surface area contributed by atoms with Crippen LogP contribution in [-0.4, -0.2) is 6.54 Å². The van der Waals surface area contributed by atoms with E-state index in [-0.39, 0.29) is 5.56 Å². The molecule has 0 saturated heterocycles. The lowest BCUT2D eigenvalue weighted by molar-refractivity contribution is 0.617. The molecule has 0 radical (unpaired) electrons. The lowest BCUT2D eigenvalue weighted by atomic mass is 10.0. The molecule has 0 fully saturated rings. The quantitative estimate of drug-likeness (QED) is 0.815. The molecule has 15 heavy (non-hydrogen) atoms. The number of hydrogen-bond donors (Lipinski definition) is 1. The first-order valence-electron chi connectivity index (χ1n) is 4.55. The van der Waals surface area contributed by atoms with Crippen molar-refractivity contribution in [1.82, 2.24) is 5.32 Å². The average Bonchev–Trinajstić information content (AvgIpc) is 2.27.